The predicted octanol–water partition coefficient (Wildman–Crippen LogP) is 1.40. The summed E-state index contributed by atoms with van der Waals surface area (Å²) in [4.78, 5) is 2.31. The standard InChI is InChI=1S/C15H28N2O3S2/c18-22(19,13-3-6-16-7-10-20-11-8-16)17-9-12-21-15-5-2-1-4-14(15)17/h14-15H,1-13H2/t14-,15+/m0/s1. The van der Waals surface area contributed by atoms with E-state index in [1.807, 2.05) is 16.1 Å². The molecular weight excluding hydrogens is 320 g/mol. The SMILES string of the molecule is O=S(=O)(CCCN1CCOCC1)N1CCS[C@@H]2CCCC[C@@H]21. The summed E-state index contributed by atoms with van der Waals surface area (Å²) in [6.07, 6.45) is 5.43. The van der Waals surface area contributed by atoms with Crippen LogP contribution in [0, 0.1) is 0 Å². The van der Waals surface area contributed by atoms with Gasteiger partial charge in [0.1, 0.15) is 0 Å². The molecule has 3 aliphatic rings. The number of morpholine rings is 1. The summed E-state index contributed by atoms with van der Waals surface area (Å²) in [5.41, 5.74) is 0. The molecule has 0 amide bonds. The molecule has 2 atom stereocenters. The van der Waals surface area contributed by atoms with Gasteiger partial charge in [-0.15, -0.1) is 0 Å². The van der Waals surface area contributed by atoms with E-state index < -0.39 is 10.0 Å². The van der Waals surface area contributed by atoms with E-state index >= 15 is 0 Å². The van der Waals surface area contributed by atoms with E-state index in [9.17, 15) is 8.42 Å². The van der Waals surface area contributed by atoms with Crippen molar-refractivity contribution in [3.05, 3.63) is 0 Å². The number of hydrogen-bond acceptors (Lipinski definition) is 5. The molecule has 0 unspecified atom stereocenters. The second kappa shape index (κ2) is 7.83. The van der Waals surface area contributed by atoms with E-state index in [4.69, 9.17) is 4.74 Å². The van der Waals surface area contributed by atoms with Crippen LogP contribution in [0.3, 0.4) is 0 Å². The lowest BCUT2D eigenvalue weighted by molar-refractivity contribution is 0.0380. The van der Waals surface area contributed by atoms with Gasteiger partial charge in [-0.1, -0.05) is 12.8 Å². The Bertz CT molecular complexity index is 450. The molecule has 1 aliphatic carbocycles. The zero-order chi connectivity index (χ0) is 15.4. The van der Waals surface area contributed by atoms with E-state index in [1.54, 1.807) is 0 Å². The Balaban J connectivity index is 1.52. The maximum atomic E-state index is 12.8. The van der Waals surface area contributed by atoms with Gasteiger partial charge < -0.3 is 4.74 Å². The highest BCUT2D eigenvalue weighted by Crippen LogP contribution is 2.36. The lowest BCUT2D eigenvalue weighted by atomic mass is 9.95. The third-order valence-electron chi connectivity index (χ3n) is 5.02. The van der Waals surface area contributed by atoms with Crippen molar-refractivity contribution in [2.75, 3.05) is 50.9 Å². The van der Waals surface area contributed by atoms with Crippen molar-refractivity contribution >= 4 is 21.8 Å². The lowest BCUT2D eigenvalue weighted by Gasteiger charge is -2.42. The van der Waals surface area contributed by atoms with Gasteiger partial charge in [-0.25, -0.2) is 8.42 Å². The number of nitrogens with zero attached hydrogens (tertiary/aromatic N) is 2. The van der Waals surface area contributed by atoms with Crippen LogP contribution in [-0.4, -0.2) is 79.8 Å². The molecule has 0 aromatic carbocycles. The maximum Gasteiger partial charge on any atom is 0.214 e. The molecule has 0 bridgehead atoms. The molecule has 0 aromatic rings. The highest BCUT2D eigenvalue weighted by molar-refractivity contribution is 8.00. The molecule has 5 nitrogen and oxygen atoms in total. The minimum absolute atomic E-state index is 0.265. The first-order chi connectivity index (χ1) is 10.7. The Morgan fingerprint density at radius 2 is 1.86 bits per heavy atom. The van der Waals surface area contributed by atoms with Gasteiger partial charge >= 0.3 is 0 Å². The normalized spacial score (nSPS) is 31.8. The second-order valence-corrected chi connectivity index (χ2v) is 9.88. The Morgan fingerprint density at radius 1 is 1.09 bits per heavy atom. The van der Waals surface area contributed by atoms with Crippen molar-refractivity contribution in [2.24, 2.45) is 0 Å². The monoisotopic (exact) mass is 348 g/mol. The molecule has 3 rings (SSSR count). The number of rotatable bonds is 5. The largest absolute Gasteiger partial charge is 0.379 e. The number of fused-ring (bicyclic) bond motifs is 1. The van der Waals surface area contributed by atoms with Crippen LogP contribution in [0.15, 0.2) is 0 Å². The summed E-state index contributed by atoms with van der Waals surface area (Å²) in [5.74, 6) is 1.27. The van der Waals surface area contributed by atoms with Gasteiger partial charge in [-0.05, 0) is 25.8 Å². The number of sulfonamides is 1. The van der Waals surface area contributed by atoms with Crippen molar-refractivity contribution < 1.29 is 13.2 Å². The van der Waals surface area contributed by atoms with Gasteiger partial charge in [0.05, 0.1) is 19.0 Å². The van der Waals surface area contributed by atoms with Gasteiger partial charge in [-0.3, -0.25) is 4.90 Å². The highest BCUT2D eigenvalue weighted by atomic mass is 32.2. The Kier molecular flexibility index (Phi) is 6.06. The van der Waals surface area contributed by atoms with Crippen molar-refractivity contribution in [2.45, 2.75) is 43.4 Å². The van der Waals surface area contributed by atoms with Gasteiger partial charge in [0.25, 0.3) is 0 Å². The molecule has 0 spiro atoms. The topological polar surface area (TPSA) is 49.9 Å². The Hall–Kier alpha value is 0.180. The Morgan fingerprint density at radius 3 is 2.68 bits per heavy atom. The zero-order valence-corrected chi connectivity index (χ0v) is 14.9. The molecule has 2 aliphatic heterocycles. The van der Waals surface area contributed by atoms with Crippen molar-refractivity contribution in [3.63, 3.8) is 0 Å². The molecular formula is C15H28N2O3S2. The fourth-order valence-electron chi connectivity index (χ4n) is 3.82. The van der Waals surface area contributed by atoms with E-state index in [-0.39, 0.29) is 6.04 Å². The average Bonchev–Trinajstić information content (AvgIpc) is 2.55. The quantitative estimate of drug-likeness (QED) is 0.752. The molecule has 7 heteroatoms. The van der Waals surface area contributed by atoms with E-state index in [0.29, 0.717) is 17.5 Å². The molecule has 2 heterocycles. The number of ether oxygens (including phenoxy) is 1. The summed E-state index contributed by atoms with van der Waals surface area (Å²) in [6.45, 7) is 5.01. The first-order valence-electron chi connectivity index (χ1n) is 8.58. The van der Waals surface area contributed by atoms with Crippen LogP contribution in [-0.2, 0) is 14.8 Å². The van der Waals surface area contributed by atoms with E-state index in [1.165, 1.54) is 19.3 Å². The fraction of sp³-hybridized carbons (Fsp3) is 1.00. The first-order valence-corrected chi connectivity index (χ1v) is 11.2. The van der Waals surface area contributed by atoms with Gasteiger partial charge in [-0.2, -0.15) is 16.1 Å². The molecule has 0 N–H and O–H groups in total. The molecule has 22 heavy (non-hydrogen) atoms. The average molecular weight is 349 g/mol. The molecule has 3 fully saturated rings. The van der Waals surface area contributed by atoms with Crippen molar-refractivity contribution in [3.8, 4) is 0 Å². The number of thioether (sulfide) groups is 1. The molecule has 2 saturated heterocycles. The van der Waals surface area contributed by atoms with Crippen LogP contribution < -0.4 is 0 Å². The summed E-state index contributed by atoms with van der Waals surface area (Å²) in [7, 11) is -3.09. The van der Waals surface area contributed by atoms with Gasteiger partial charge in [0, 0.05) is 36.7 Å². The van der Waals surface area contributed by atoms with Crippen LogP contribution in [0.4, 0.5) is 0 Å². The summed E-state index contributed by atoms with van der Waals surface area (Å²) >= 11 is 1.99. The van der Waals surface area contributed by atoms with Crippen molar-refractivity contribution in [1.29, 1.82) is 0 Å². The van der Waals surface area contributed by atoms with Crippen LogP contribution in [0.1, 0.15) is 32.1 Å². The van der Waals surface area contributed by atoms with Crippen LogP contribution >= 0.6 is 11.8 Å². The van der Waals surface area contributed by atoms with E-state index in [2.05, 4.69) is 4.90 Å². The van der Waals surface area contributed by atoms with Crippen LogP contribution in [0.5, 0.6) is 0 Å². The smallest absolute Gasteiger partial charge is 0.214 e. The van der Waals surface area contributed by atoms with Crippen LogP contribution in [0.25, 0.3) is 0 Å². The maximum absolute atomic E-state index is 12.8. The fourth-order valence-corrected chi connectivity index (χ4v) is 7.22. The third-order valence-corrected chi connectivity index (χ3v) is 8.39. The lowest BCUT2D eigenvalue weighted by Crippen LogP contribution is -2.52. The Labute approximate surface area is 138 Å². The predicted molar refractivity (Wildman–Crippen MR) is 90.9 cm³/mol. The van der Waals surface area contributed by atoms with E-state index in [0.717, 1.165) is 51.4 Å². The van der Waals surface area contributed by atoms with Gasteiger partial charge in [0.2, 0.25) is 10.0 Å². The number of hydrogen-bond donors (Lipinski definition) is 0. The minimum atomic E-state index is -3.09. The highest BCUT2D eigenvalue weighted by Gasteiger charge is 2.39. The van der Waals surface area contributed by atoms with Crippen molar-refractivity contribution in [1.82, 2.24) is 9.21 Å². The molecule has 1 saturated carbocycles. The molecule has 128 valence electrons. The van der Waals surface area contributed by atoms with Gasteiger partial charge in [0.15, 0.2) is 0 Å². The second-order valence-electron chi connectivity index (χ2n) is 6.50. The van der Waals surface area contributed by atoms with Crippen LogP contribution in [0.2, 0.25) is 0 Å². The summed E-state index contributed by atoms with van der Waals surface area (Å²) in [6, 6.07) is 0.265. The summed E-state index contributed by atoms with van der Waals surface area (Å²) < 4.78 is 32.7. The summed E-state index contributed by atoms with van der Waals surface area (Å²) in [5, 5.41) is 0.538. The minimum Gasteiger partial charge on any atom is -0.379 e. The molecule has 0 radical (unpaired) electrons. The zero-order valence-electron chi connectivity index (χ0n) is 13.3. The third kappa shape index (κ3) is 4.17. The molecule has 0 aromatic heterocycles. The first kappa shape index (κ1) is 17.0.